The van der Waals surface area contributed by atoms with Gasteiger partial charge in [0.05, 0.1) is 22.8 Å². The summed E-state index contributed by atoms with van der Waals surface area (Å²) in [7, 11) is -2.88. The molecule has 3 aromatic carbocycles. The van der Waals surface area contributed by atoms with E-state index < -0.39 is 65.2 Å². The van der Waals surface area contributed by atoms with Crippen LogP contribution in [-0.4, -0.2) is 53.6 Å². The van der Waals surface area contributed by atoms with Crippen molar-refractivity contribution < 1.29 is 40.2 Å². The molecule has 0 aliphatic carbocycles. The fourth-order valence-electron chi connectivity index (χ4n) is 4.56. The second-order valence-corrected chi connectivity index (χ2v) is 12.9. The lowest BCUT2D eigenvalue weighted by atomic mass is 10.1. The molecular formula is C29H24Cl2F4N4O7S. The quantitative estimate of drug-likeness (QED) is 0.199. The zero-order chi connectivity index (χ0) is 34.1. The van der Waals surface area contributed by atoms with E-state index in [-0.39, 0.29) is 44.5 Å². The molecule has 0 spiro atoms. The molecule has 0 radical (unpaired) electrons. The summed E-state index contributed by atoms with van der Waals surface area (Å²) in [6, 6.07) is 12.8. The lowest BCUT2D eigenvalue weighted by molar-refractivity contribution is -0.0412. The monoisotopic (exact) mass is 718 g/mol. The predicted octanol–water partition coefficient (Wildman–Crippen LogP) is 5.96. The number of methoxy groups -OCH3 is 1. The molecule has 1 aromatic heterocycles. The largest absolute Gasteiger partial charge is 0.497 e. The van der Waals surface area contributed by atoms with Crippen LogP contribution in [-0.2, 0) is 16.6 Å². The SMILES string of the molecule is COc1ccc(COc2ccc(Oc3c(Cl)cc(-n4nc(C(F)F)c(=O)[nH]c4=O)cc3Cl)cc2S(=O)(=O)N2CCC(F)(F)CC2)cc1. The van der Waals surface area contributed by atoms with Gasteiger partial charge in [0.2, 0.25) is 10.0 Å². The summed E-state index contributed by atoms with van der Waals surface area (Å²) in [5.74, 6) is -2.79. The molecule has 18 heteroatoms. The van der Waals surface area contributed by atoms with Gasteiger partial charge in [-0.3, -0.25) is 9.78 Å². The van der Waals surface area contributed by atoms with Gasteiger partial charge in [0, 0.05) is 32.0 Å². The van der Waals surface area contributed by atoms with Crippen molar-refractivity contribution in [1.82, 2.24) is 19.1 Å². The number of ether oxygens (including phenoxy) is 3. The van der Waals surface area contributed by atoms with Gasteiger partial charge in [0.25, 0.3) is 17.9 Å². The van der Waals surface area contributed by atoms with Gasteiger partial charge in [-0.1, -0.05) is 35.3 Å². The van der Waals surface area contributed by atoms with Crippen molar-refractivity contribution in [3.05, 3.63) is 96.7 Å². The molecule has 2 heterocycles. The molecule has 0 atom stereocenters. The van der Waals surface area contributed by atoms with E-state index in [9.17, 15) is 35.6 Å². The van der Waals surface area contributed by atoms with Crippen LogP contribution in [0.5, 0.6) is 23.0 Å². The van der Waals surface area contributed by atoms with E-state index in [1.54, 1.807) is 29.2 Å². The number of rotatable bonds is 10. The first-order valence-electron chi connectivity index (χ1n) is 13.7. The highest BCUT2D eigenvalue weighted by Gasteiger charge is 2.39. The van der Waals surface area contributed by atoms with Gasteiger partial charge in [-0.25, -0.2) is 30.8 Å². The molecule has 47 heavy (non-hydrogen) atoms. The zero-order valence-electron chi connectivity index (χ0n) is 24.2. The van der Waals surface area contributed by atoms with Crippen molar-refractivity contribution in [2.45, 2.75) is 36.7 Å². The second kappa shape index (κ2) is 13.5. The van der Waals surface area contributed by atoms with Crippen LogP contribution in [0.25, 0.3) is 5.69 Å². The summed E-state index contributed by atoms with van der Waals surface area (Å²) in [5.41, 5.74) is -3.22. The number of hydrogen-bond acceptors (Lipinski definition) is 8. The van der Waals surface area contributed by atoms with Crippen LogP contribution in [0.4, 0.5) is 17.6 Å². The van der Waals surface area contributed by atoms with Gasteiger partial charge in [-0.15, -0.1) is 0 Å². The zero-order valence-corrected chi connectivity index (χ0v) is 26.5. The van der Waals surface area contributed by atoms with E-state index in [1.807, 2.05) is 0 Å². The van der Waals surface area contributed by atoms with E-state index in [0.717, 1.165) is 22.5 Å². The molecule has 1 aliphatic rings. The molecule has 0 saturated carbocycles. The third-order valence-electron chi connectivity index (χ3n) is 7.05. The van der Waals surface area contributed by atoms with Gasteiger partial charge in [-0.05, 0) is 42.0 Å². The fraction of sp³-hybridized carbons (Fsp3) is 0.276. The molecule has 0 unspecified atom stereocenters. The number of nitrogens with one attached hydrogen (secondary N) is 1. The minimum Gasteiger partial charge on any atom is -0.497 e. The van der Waals surface area contributed by atoms with E-state index in [2.05, 4.69) is 5.10 Å². The molecular weight excluding hydrogens is 695 g/mol. The van der Waals surface area contributed by atoms with Crippen LogP contribution in [0.15, 0.2) is 69.1 Å². The molecule has 4 aromatic rings. The van der Waals surface area contributed by atoms with Crippen molar-refractivity contribution in [1.29, 1.82) is 0 Å². The molecule has 1 saturated heterocycles. The first kappa shape index (κ1) is 34.2. The third-order valence-corrected chi connectivity index (χ3v) is 9.53. The summed E-state index contributed by atoms with van der Waals surface area (Å²) in [6.45, 7) is -0.902. The van der Waals surface area contributed by atoms with Gasteiger partial charge in [0.15, 0.2) is 11.4 Å². The average molecular weight is 719 g/mol. The summed E-state index contributed by atoms with van der Waals surface area (Å²) in [4.78, 5) is 25.3. The van der Waals surface area contributed by atoms with Gasteiger partial charge < -0.3 is 14.2 Å². The molecule has 1 aliphatic heterocycles. The number of halogens is 6. The Morgan fingerprint density at radius 2 is 1.60 bits per heavy atom. The van der Waals surface area contributed by atoms with E-state index in [4.69, 9.17) is 37.4 Å². The number of aromatic nitrogens is 3. The Bertz CT molecular complexity index is 1990. The van der Waals surface area contributed by atoms with Crippen LogP contribution in [0.2, 0.25) is 10.0 Å². The van der Waals surface area contributed by atoms with Crippen LogP contribution in [0.3, 0.4) is 0 Å². The fourth-order valence-corrected chi connectivity index (χ4v) is 6.70. The molecule has 5 rings (SSSR count). The molecule has 1 fully saturated rings. The maximum Gasteiger partial charge on any atom is 0.349 e. The topological polar surface area (TPSA) is 133 Å². The summed E-state index contributed by atoms with van der Waals surface area (Å²) < 4.78 is 99.8. The highest BCUT2D eigenvalue weighted by molar-refractivity contribution is 7.89. The molecule has 0 bridgehead atoms. The minimum absolute atomic E-state index is 0.0463. The Kier molecular flexibility index (Phi) is 9.86. The number of hydrogen-bond donors (Lipinski definition) is 1. The van der Waals surface area contributed by atoms with Crippen molar-refractivity contribution in [2.24, 2.45) is 0 Å². The number of piperidine rings is 1. The first-order chi connectivity index (χ1) is 22.2. The maximum absolute atomic E-state index is 13.9. The minimum atomic E-state index is -4.38. The van der Waals surface area contributed by atoms with Gasteiger partial charge in [-0.2, -0.15) is 14.1 Å². The number of aromatic amines is 1. The summed E-state index contributed by atoms with van der Waals surface area (Å²) in [5, 5.41) is 2.92. The lowest BCUT2D eigenvalue weighted by Gasteiger charge is -2.31. The number of benzene rings is 3. The number of H-pyrrole nitrogens is 1. The predicted molar refractivity (Wildman–Crippen MR) is 162 cm³/mol. The Labute approximate surface area is 274 Å². The maximum atomic E-state index is 13.9. The first-order valence-corrected chi connectivity index (χ1v) is 15.8. The second-order valence-electron chi connectivity index (χ2n) is 10.2. The van der Waals surface area contributed by atoms with Crippen LogP contribution in [0.1, 0.15) is 30.5 Å². The molecule has 0 amide bonds. The van der Waals surface area contributed by atoms with Crippen molar-refractivity contribution in [3.63, 3.8) is 0 Å². The Hall–Kier alpha value is -4.12. The Balaban J connectivity index is 1.49. The van der Waals surface area contributed by atoms with E-state index in [0.29, 0.717) is 16.0 Å². The highest BCUT2D eigenvalue weighted by Crippen LogP contribution is 2.41. The third kappa shape index (κ3) is 7.56. The van der Waals surface area contributed by atoms with Gasteiger partial charge >= 0.3 is 5.69 Å². The van der Waals surface area contributed by atoms with Gasteiger partial charge in [0.1, 0.15) is 28.8 Å². The van der Waals surface area contributed by atoms with Crippen molar-refractivity contribution >= 4 is 33.2 Å². The smallest absolute Gasteiger partial charge is 0.349 e. The average Bonchev–Trinajstić information content (AvgIpc) is 3.01. The standard InChI is InChI=1S/C29H24Cl2F4N4O7S/c1-44-18-4-2-16(3-5-18)15-45-22-7-6-19(14-23(22)47(42,43)38-10-8-29(34,35)9-11-38)46-25-20(30)12-17(13-21(25)31)39-28(41)36-27(40)24(37-39)26(32)33/h2-7,12-14,26H,8-11,15H2,1H3,(H,36,40,41). The van der Waals surface area contributed by atoms with E-state index >= 15 is 0 Å². The van der Waals surface area contributed by atoms with Crippen LogP contribution >= 0.6 is 23.2 Å². The van der Waals surface area contributed by atoms with Crippen LogP contribution in [0, 0.1) is 0 Å². The summed E-state index contributed by atoms with van der Waals surface area (Å²) in [6.07, 6.45) is -4.60. The van der Waals surface area contributed by atoms with Crippen molar-refractivity contribution in [3.8, 4) is 28.7 Å². The Morgan fingerprint density at radius 1 is 0.979 bits per heavy atom. The lowest BCUT2D eigenvalue weighted by Crippen LogP contribution is -2.42. The molecule has 250 valence electrons. The van der Waals surface area contributed by atoms with E-state index in [1.165, 1.54) is 19.2 Å². The Morgan fingerprint density at radius 3 is 2.19 bits per heavy atom. The molecule has 1 N–H and O–H groups in total. The number of nitrogens with zero attached hydrogens (tertiary/aromatic N) is 3. The summed E-state index contributed by atoms with van der Waals surface area (Å²) >= 11 is 12.7. The number of alkyl halides is 4. The molecule has 11 nitrogen and oxygen atoms in total. The normalized spacial score (nSPS) is 15.1. The highest BCUT2D eigenvalue weighted by atomic mass is 35.5. The van der Waals surface area contributed by atoms with Crippen LogP contribution < -0.4 is 25.5 Å². The van der Waals surface area contributed by atoms with Crippen molar-refractivity contribution in [2.75, 3.05) is 20.2 Å². The number of sulfonamides is 1.